The van der Waals surface area contributed by atoms with Gasteiger partial charge in [0.05, 0.1) is 10.9 Å². The number of thiocarbonyl (C=S) groups is 1. The zero-order valence-electron chi connectivity index (χ0n) is 10.7. The van der Waals surface area contributed by atoms with Gasteiger partial charge in [-0.2, -0.15) is 5.10 Å². The lowest BCUT2D eigenvalue weighted by molar-refractivity contribution is -0.123. The maximum Gasteiger partial charge on any atom is 0.229 e. The predicted molar refractivity (Wildman–Crippen MR) is 72.9 cm³/mol. The van der Waals surface area contributed by atoms with Crippen LogP contribution < -0.4 is 11.1 Å². The highest BCUT2D eigenvalue weighted by molar-refractivity contribution is 7.80. The van der Waals surface area contributed by atoms with Crippen LogP contribution in [0.4, 0.5) is 0 Å². The minimum Gasteiger partial charge on any atom is -0.393 e. The van der Waals surface area contributed by atoms with Crippen molar-refractivity contribution in [2.24, 2.45) is 18.7 Å². The minimum atomic E-state index is -0.373. The highest BCUT2D eigenvalue weighted by Gasteiger charge is 2.19. The molecule has 18 heavy (non-hydrogen) atoms. The first-order chi connectivity index (χ1) is 8.54. The number of aromatic nitrogens is 3. The summed E-state index contributed by atoms with van der Waals surface area (Å²) in [5, 5.41) is 6.94. The molecule has 0 bridgehead atoms. The van der Waals surface area contributed by atoms with Gasteiger partial charge in [0, 0.05) is 20.0 Å². The van der Waals surface area contributed by atoms with Gasteiger partial charge in [-0.1, -0.05) is 25.6 Å². The summed E-state index contributed by atoms with van der Waals surface area (Å²) in [6, 6.07) is 0. The van der Waals surface area contributed by atoms with Gasteiger partial charge in [0.25, 0.3) is 0 Å². The van der Waals surface area contributed by atoms with Crippen LogP contribution in [0.2, 0.25) is 0 Å². The second-order valence-corrected chi connectivity index (χ2v) is 4.59. The fraction of sp³-hybridized carbons (Fsp3) is 0.636. The van der Waals surface area contributed by atoms with Crippen molar-refractivity contribution in [2.45, 2.75) is 26.2 Å². The number of nitrogens with one attached hydrogen (secondary N) is 1. The molecule has 6 nitrogen and oxygen atoms in total. The van der Waals surface area contributed by atoms with Crippen molar-refractivity contribution in [1.82, 2.24) is 20.1 Å². The Balaban J connectivity index is 2.37. The molecule has 1 atom stereocenters. The smallest absolute Gasteiger partial charge is 0.229 e. The van der Waals surface area contributed by atoms with E-state index >= 15 is 0 Å². The molecule has 1 unspecified atom stereocenters. The second kappa shape index (κ2) is 7.05. The van der Waals surface area contributed by atoms with Crippen molar-refractivity contribution in [3.63, 3.8) is 0 Å². The molecule has 1 heterocycles. The van der Waals surface area contributed by atoms with Crippen LogP contribution in [0.5, 0.6) is 0 Å². The Kier molecular flexibility index (Phi) is 5.70. The number of nitrogens with two attached hydrogens (primary N) is 1. The molecule has 0 aliphatic carbocycles. The third-order valence-corrected chi connectivity index (χ3v) is 2.82. The number of rotatable bonds is 7. The van der Waals surface area contributed by atoms with Crippen molar-refractivity contribution < 1.29 is 4.79 Å². The first-order valence-electron chi connectivity index (χ1n) is 5.96. The van der Waals surface area contributed by atoms with Crippen molar-refractivity contribution in [2.75, 3.05) is 6.54 Å². The molecule has 100 valence electrons. The van der Waals surface area contributed by atoms with Gasteiger partial charge in [-0.15, -0.1) is 0 Å². The molecule has 1 aromatic heterocycles. The molecule has 0 saturated heterocycles. The Bertz CT molecular complexity index is 417. The Morgan fingerprint density at radius 3 is 2.89 bits per heavy atom. The zero-order chi connectivity index (χ0) is 13.5. The molecule has 0 aliphatic heterocycles. The molecular weight excluding hydrogens is 250 g/mol. The first-order valence-corrected chi connectivity index (χ1v) is 6.37. The van der Waals surface area contributed by atoms with Gasteiger partial charge in [0.2, 0.25) is 5.91 Å². The van der Waals surface area contributed by atoms with E-state index < -0.39 is 0 Å². The third-order valence-electron chi connectivity index (χ3n) is 2.53. The van der Waals surface area contributed by atoms with Gasteiger partial charge in [0.1, 0.15) is 6.33 Å². The molecule has 1 aromatic rings. The molecule has 0 saturated carbocycles. The lowest BCUT2D eigenvalue weighted by Crippen LogP contribution is -2.38. The van der Waals surface area contributed by atoms with Crippen molar-refractivity contribution in [3.8, 4) is 0 Å². The largest absolute Gasteiger partial charge is 0.393 e. The summed E-state index contributed by atoms with van der Waals surface area (Å²) in [5.74, 6) is 0.224. The van der Waals surface area contributed by atoms with Crippen LogP contribution in [-0.2, 0) is 18.3 Å². The highest BCUT2D eigenvalue weighted by Crippen LogP contribution is 2.06. The Hall–Kier alpha value is -1.50. The second-order valence-electron chi connectivity index (χ2n) is 4.12. The number of amides is 1. The Morgan fingerprint density at radius 1 is 1.67 bits per heavy atom. The Morgan fingerprint density at radius 2 is 2.39 bits per heavy atom. The average molecular weight is 269 g/mol. The van der Waals surface area contributed by atoms with Gasteiger partial charge in [0.15, 0.2) is 5.82 Å². The molecule has 0 radical (unpaired) electrons. The molecule has 7 heteroatoms. The summed E-state index contributed by atoms with van der Waals surface area (Å²) in [6.07, 6.45) is 3.79. The molecule has 1 rings (SSSR count). The number of carbonyl (C=O) groups excluding carboxylic acids is 1. The van der Waals surface area contributed by atoms with Crippen LogP contribution in [0, 0.1) is 5.92 Å². The van der Waals surface area contributed by atoms with Gasteiger partial charge in [-0.25, -0.2) is 4.98 Å². The normalized spacial score (nSPS) is 12.1. The summed E-state index contributed by atoms with van der Waals surface area (Å²) in [4.78, 5) is 16.2. The maximum absolute atomic E-state index is 11.8. The molecular formula is C11H19N5OS. The topological polar surface area (TPSA) is 85.8 Å². The number of aryl methyl sites for hydroxylation is 1. The fourth-order valence-corrected chi connectivity index (χ4v) is 1.84. The van der Waals surface area contributed by atoms with Gasteiger partial charge in [-0.3, -0.25) is 9.48 Å². The zero-order valence-corrected chi connectivity index (χ0v) is 11.5. The van der Waals surface area contributed by atoms with E-state index in [0.717, 1.165) is 6.42 Å². The van der Waals surface area contributed by atoms with E-state index in [4.69, 9.17) is 18.0 Å². The lowest BCUT2D eigenvalue weighted by Gasteiger charge is -2.14. The van der Waals surface area contributed by atoms with Crippen LogP contribution in [-0.4, -0.2) is 32.2 Å². The van der Waals surface area contributed by atoms with Crippen LogP contribution in [0.1, 0.15) is 25.6 Å². The molecule has 0 aromatic carbocycles. The predicted octanol–water partition coefficient (Wildman–Crippen LogP) is 0.176. The summed E-state index contributed by atoms with van der Waals surface area (Å²) >= 11 is 4.89. The number of hydrogen-bond donors (Lipinski definition) is 2. The van der Waals surface area contributed by atoms with Crippen molar-refractivity contribution in [1.29, 1.82) is 0 Å². The Labute approximate surface area is 112 Å². The summed E-state index contributed by atoms with van der Waals surface area (Å²) < 4.78 is 1.63. The van der Waals surface area contributed by atoms with Gasteiger partial charge in [-0.05, 0) is 6.42 Å². The quantitative estimate of drug-likeness (QED) is 0.689. The molecule has 0 fully saturated rings. The van der Waals surface area contributed by atoms with Crippen LogP contribution >= 0.6 is 12.2 Å². The van der Waals surface area contributed by atoms with E-state index in [0.29, 0.717) is 25.2 Å². The monoisotopic (exact) mass is 269 g/mol. The van der Waals surface area contributed by atoms with E-state index in [9.17, 15) is 4.79 Å². The van der Waals surface area contributed by atoms with E-state index in [2.05, 4.69) is 15.4 Å². The highest BCUT2D eigenvalue weighted by atomic mass is 32.1. The van der Waals surface area contributed by atoms with Crippen LogP contribution in [0.15, 0.2) is 6.33 Å². The SMILES string of the molecule is CCCC(C(=O)NCCc1ncn(C)n1)C(N)=S. The molecule has 3 N–H and O–H groups in total. The van der Waals surface area contributed by atoms with E-state index in [1.807, 2.05) is 6.92 Å². The minimum absolute atomic E-state index is 0.111. The summed E-state index contributed by atoms with van der Waals surface area (Å²) in [7, 11) is 1.80. The van der Waals surface area contributed by atoms with Crippen molar-refractivity contribution in [3.05, 3.63) is 12.2 Å². The maximum atomic E-state index is 11.8. The molecule has 1 amide bonds. The number of hydrogen-bond acceptors (Lipinski definition) is 4. The standard InChI is InChI=1S/C11H19N5OS/c1-3-4-8(10(12)18)11(17)13-6-5-9-14-7-16(2)15-9/h7-8H,3-6H2,1-2H3,(H2,12,18)(H,13,17). The van der Waals surface area contributed by atoms with E-state index in [-0.39, 0.29) is 16.8 Å². The van der Waals surface area contributed by atoms with Gasteiger partial charge >= 0.3 is 0 Å². The summed E-state index contributed by atoms with van der Waals surface area (Å²) in [5.41, 5.74) is 5.55. The third kappa shape index (κ3) is 4.40. The van der Waals surface area contributed by atoms with Crippen LogP contribution in [0.3, 0.4) is 0 Å². The number of carbonyl (C=O) groups is 1. The molecule has 0 aliphatic rings. The first kappa shape index (κ1) is 14.6. The number of nitrogens with zero attached hydrogens (tertiary/aromatic N) is 3. The fourth-order valence-electron chi connectivity index (χ4n) is 1.61. The lowest BCUT2D eigenvalue weighted by atomic mass is 10.0. The van der Waals surface area contributed by atoms with E-state index in [1.165, 1.54) is 0 Å². The van der Waals surface area contributed by atoms with Crippen LogP contribution in [0.25, 0.3) is 0 Å². The van der Waals surface area contributed by atoms with Gasteiger partial charge < -0.3 is 11.1 Å². The molecule has 0 spiro atoms. The average Bonchev–Trinajstić information content (AvgIpc) is 2.71. The van der Waals surface area contributed by atoms with E-state index in [1.54, 1.807) is 18.1 Å². The van der Waals surface area contributed by atoms with Crippen molar-refractivity contribution >= 4 is 23.1 Å². The summed E-state index contributed by atoms with van der Waals surface area (Å²) in [6.45, 7) is 2.49.